The molecule has 1 aromatic carbocycles. The summed E-state index contributed by atoms with van der Waals surface area (Å²) in [5.41, 5.74) is 5.17. The zero-order valence-electron chi connectivity index (χ0n) is 10.6. The maximum atomic E-state index is 13.3. The van der Waals surface area contributed by atoms with Crippen LogP contribution in [0.2, 0.25) is 0 Å². The summed E-state index contributed by atoms with van der Waals surface area (Å²) in [6.45, 7) is 0. The van der Waals surface area contributed by atoms with E-state index in [1.54, 1.807) is 11.9 Å². The molecule has 6 heteroatoms. The standard InChI is InChI=1S/C13H16FN3O2/c1-17(9-3-2-4-9)13(19)16-8-5-6-11(14)10(7-8)12(15)18/h5-7,9H,2-4H2,1H3,(H2,15,18)(H,16,19). The highest BCUT2D eigenvalue weighted by molar-refractivity contribution is 5.96. The van der Waals surface area contributed by atoms with Gasteiger partial charge in [-0.3, -0.25) is 4.79 Å². The molecule has 0 aliphatic heterocycles. The number of benzene rings is 1. The predicted molar refractivity (Wildman–Crippen MR) is 69.3 cm³/mol. The summed E-state index contributed by atoms with van der Waals surface area (Å²) in [6.07, 6.45) is 3.13. The van der Waals surface area contributed by atoms with Gasteiger partial charge in [-0.1, -0.05) is 0 Å². The Morgan fingerprint density at radius 1 is 1.42 bits per heavy atom. The number of hydrogen-bond donors (Lipinski definition) is 2. The molecule has 0 unspecified atom stereocenters. The largest absolute Gasteiger partial charge is 0.366 e. The van der Waals surface area contributed by atoms with Gasteiger partial charge in [-0.05, 0) is 37.5 Å². The van der Waals surface area contributed by atoms with Crippen molar-refractivity contribution in [3.05, 3.63) is 29.6 Å². The summed E-state index contributed by atoms with van der Waals surface area (Å²) in [5, 5.41) is 2.63. The van der Waals surface area contributed by atoms with Gasteiger partial charge in [0.1, 0.15) is 5.82 Å². The van der Waals surface area contributed by atoms with Gasteiger partial charge in [0.15, 0.2) is 0 Å². The molecule has 1 aromatic rings. The number of carbonyl (C=O) groups excluding carboxylic acids is 2. The van der Waals surface area contributed by atoms with Gasteiger partial charge >= 0.3 is 6.03 Å². The van der Waals surface area contributed by atoms with Crippen molar-refractivity contribution in [1.29, 1.82) is 0 Å². The highest BCUT2D eigenvalue weighted by atomic mass is 19.1. The van der Waals surface area contributed by atoms with Crippen LogP contribution < -0.4 is 11.1 Å². The van der Waals surface area contributed by atoms with Crippen LogP contribution in [0.3, 0.4) is 0 Å². The average Bonchev–Trinajstić information content (AvgIpc) is 2.28. The van der Waals surface area contributed by atoms with Gasteiger partial charge in [-0.2, -0.15) is 0 Å². The monoisotopic (exact) mass is 265 g/mol. The molecule has 1 saturated carbocycles. The lowest BCUT2D eigenvalue weighted by Crippen LogP contribution is -2.43. The number of rotatable bonds is 3. The molecule has 0 bridgehead atoms. The van der Waals surface area contributed by atoms with Gasteiger partial charge in [0.2, 0.25) is 0 Å². The molecular weight excluding hydrogens is 249 g/mol. The molecule has 1 fully saturated rings. The van der Waals surface area contributed by atoms with Gasteiger partial charge in [0.25, 0.3) is 5.91 Å². The quantitative estimate of drug-likeness (QED) is 0.876. The SMILES string of the molecule is CN(C(=O)Nc1ccc(F)c(C(N)=O)c1)C1CCC1. The van der Waals surface area contributed by atoms with E-state index in [1.165, 1.54) is 12.1 Å². The fourth-order valence-electron chi connectivity index (χ4n) is 1.94. The van der Waals surface area contributed by atoms with Crippen molar-refractivity contribution < 1.29 is 14.0 Å². The second-order valence-corrected chi connectivity index (χ2v) is 4.68. The van der Waals surface area contributed by atoms with Crippen LogP contribution in [-0.2, 0) is 0 Å². The number of amides is 3. The molecular formula is C13H16FN3O2. The highest BCUT2D eigenvalue weighted by Crippen LogP contribution is 2.24. The molecule has 3 amide bonds. The first kappa shape index (κ1) is 13.3. The number of halogens is 1. The molecule has 1 aliphatic carbocycles. The van der Waals surface area contributed by atoms with Crippen molar-refractivity contribution in [2.24, 2.45) is 5.73 Å². The maximum absolute atomic E-state index is 13.3. The summed E-state index contributed by atoms with van der Waals surface area (Å²) in [4.78, 5) is 24.6. The van der Waals surface area contributed by atoms with E-state index in [1.807, 2.05) is 0 Å². The zero-order valence-corrected chi connectivity index (χ0v) is 10.6. The van der Waals surface area contributed by atoms with Crippen LogP contribution in [-0.4, -0.2) is 29.9 Å². The Hall–Kier alpha value is -2.11. The Morgan fingerprint density at radius 2 is 2.11 bits per heavy atom. The molecule has 0 aromatic heterocycles. The van der Waals surface area contributed by atoms with Crippen LogP contribution in [0.15, 0.2) is 18.2 Å². The number of hydrogen-bond acceptors (Lipinski definition) is 2. The number of carbonyl (C=O) groups is 2. The molecule has 0 atom stereocenters. The lowest BCUT2D eigenvalue weighted by molar-refractivity contribution is 0.0996. The van der Waals surface area contributed by atoms with Gasteiger partial charge < -0.3 is 16.0 Å². The van der Waals surface area contributed by atoms with Crippen LogP contribution in [0.4, 0.5) is 14.9 Å². The average molecular weight is 265 g/mol. The smallest absolute Gasteiger partial charge is 0.321 e. The topological polar surface area (TPSA) is 75.4 Å². The van der Waals surface area contributed by atoms with Crippen LogP contribution >= 0.6 is 0 Å². The molecule has 1 aliphatic rings. The van der Waals surface area contributed by atoms with E-state index < -0.39 is 11.7 Å². The fourth-order valence-corrected chi connectivity index (χ4v) is 1.94. The Labute approximate surface area is 110 Å². The minimum Gasteiger partial charge on any atom is -0.366 e. The Morgan fingerprint density at radius 3 is 2.63 bits per heavy atom. The van der Waals surface area contributed by atoms with E-state index in [2.05, 4.69) is 5.32 Å². The van der Waals surface area contributed by atoms with Crippen molar-refractivity contribution in [3.63, 3.8) is 0 Å². The minimum absolute atomic E-state index is 0.232. The van der Waals surface area contributed by atoms with E-state index >= 15 is 0 Å². The molecule has 0 spiro atoms. The lowest BCUT2D eigenvalue weighted by Gasteiger charge is -2.34. The van der Waals surface area contributed by atoms with Crippen molar-refractivity contribution in [2.45, 2.75) is 25.3 Å². The first-order chi connectivity index (χ1) is 8.99. The summed E-state index contributed by atoms with van der Waals surface area (Å²) in [6, 6.07) is 3.74. The molecule has 102 valence electrons. The molecule has 0 heterocycles. The number of urea groups is 1. The van der Waals surface area contributed by atoms with Crippen molar-refractivity contribution in [1.82, 2.24) is 4.90 Å². The second kappa shape index (κ2) is 5.26. The van der Waals surface area contributed by atoms with Crippen LogP contribution in [0.5, 0.6) is 0 Å². The molecule has 19 heavy (non-hydrogen) atoms. The van der Waals surface area contributed by atoms with E-state index in [4.69, 9.17) is 5.73 Å². The van der Waals surface area contributed by atoms with Gasteiger partial charge in [0, 0.05) is 18.8 Å². The van der Waals surface area contributed by atoms with Gasteiger partial charge in [0.05, 0.1) is 5.56 Å². The third-order valence-electron chi connectivity index (χ3n) is 3.43. The Balaban J connectivity index is 2.08. The van der Waals surface area contributed by atoms with Crippen molar-refractivity contribution >= 4 is 17.6 Å². The lowest BCUT2D eigenvalue weighted by atomic mass is 9.92. The first-order valence-corrected chi connectivity index (χ1v) is 6.12. The van der Waals surface area contributed by atoms with Gasteiger partial charge in [-0.25, -0.2) is 9.18 Å². The fraction of sp³-hybridized carbons (Fsp3) is 0.385. The number of anilines is 1. The second-order valence-electron chi connectivity index (χ2n) is 4.68. The summed E-state index contributed by atoms with van der Waals surface area (Å²) in [7, 11) is 1.72. The third-order valence-corrected chi connectivity index (χ3v) is 3.43. The first-order valence-electron chi connectivity index (χ1n) is 6.12. The van der Waals surface area contributed by atoms with E-state index in [0.717, 1.165) is 25.3 Å². The minimum atomic E-state index is -0.860. The van der Waals surface area contributed by atoms with Crippen molar-refractivity contribution in [2.75, 3.05) is 12.4 Å². The van der Waals surface area contributed by atoms with Crippen molar-refractivity contribution in [3.8, 4) is 0 Å². The summed E-state index contributed by atoms with van der Waals surface area (Å²) < 4.78 is 13.3. The molecule has 2 rings (SSSR count). The number of nitrogens with zero attached hydrogens (tertiary/aromatic N) is 1. The summed E-state index contributed by atoms with van der Waals surface area (Å²) in [5.74, 6) is -1.56. The normalized spacial score (nSPS) is 14.6. The predicted octanol–water partition coefficient (Wildman–Crippen LogP) is 1.94. The van der Waals surface area contributed by atoms with Crippen LogP contribution in [0.25, 0.3) is 0 Å². The van der Waals surface area contributed by atoms with E-state index in [9.17, 15) is 14.0 Å². The maximum Gasteiger partial charge on any atom is 0.321 e. The van der Waals surface area contributed by atoms with E-state index in [-0.39, 0.29) is 17.6 Å². The Bertz CT molecular complexity index is 515. The third kappa shape index (κ3) is 2.83. The Kier molecular flexibility index (Phi) is 3.69. The molecule has 0 saturated heterocycles. The zero-order chi connectivity index (χ0) is 14.0. The van der Waals surface area contributed by atoms with E-state index in [0.29, 0.717) is 5.69 Å². The molecule has 5 nitrogen and oxygen atoms in total. The highest BCUT2D eigenvalue weighted by Gasteiger charge is 2.25. The summed E-state index contributed by atoms with van der Waals surface area (Å²) >= 11 is 0. The number of nitrogens with one attached hydrogen (secondary N) is 1. The number of nitrogens with two attached hydrogens (primary N) is 1. The van der Waals surface area contributed by atoms with Crippen LogP contribution in [0.1, 0.15) is 29.6 Å². The molecule has 0 radical (unpaired) electrons. The molecule has 3 N–H and O–H groups in total. The number of primary amides is 1. The van der Waals surface area contributed by atoms with Crippen LogP contribution in [0, 0.1) is 5.82 Å². The van der Waals surface area contributed by atoms with Gasteiger partial charge in [-0.15, -0.1) is 0 Å².